The van der Waals surface area contributed by atoms with Crippen LogP contribution in [0.2, 0.25) is 0 Å². The van der Waals surface area contributed by atoms with E-state index >= 15 is 0 Å². The zero-order valence-corrected chi connectivity index (χ0v) is 4.87. The summed E-state index contributed by atoms with van der Waals surface area (Å²) < 4.78 is 5.67. The van der Waals surface area contributed by atoms with Crippen molar-refractivity contribution >= 4 is 0 Å². The van der Waals surface area contributed by atoms with Gasteiger partial charge in [-0.3, -0.25) is 0 Å². The predicted octanol–water partition coefficient (Wildman–Crippen LogP) is -1.55. The molecular weight excluding hydrogens is 116 g/mol. The Bertz CT molecular complexity index is 146. The van der Waals surface area contributed by atoms with Crippen molar-refractivity contribution in [1.82, 2.24) is 10.6 Å². The van der Waals surface area contributed by atoms with Crippen molar-refractivity contribution in [1.29, 1.82) is 0 Å². The van der Waals surface area contributed by atoms with Gasteiger partial charge in [0, 0.05) is 0 Å². The van der Waals surface area contributed by atoms with Gasteiger partial charge in [0.2, 0.25) is 0 Å². The van der Waals surface area contributed by atoms with Gasteiger partial charge in [-0.1, -0.05) is 0 Å². The van der Waals surface area contributed by atoms with Crippen LogP contribution < -0.4 is 10.6 Å². The summed E-state index contributed by atoms with van der Waals surface area (Å²) in [6.45, 7) is 0. The SMILES string of the molecule is N1[C@@H]2C3OC4[C@@H](N[C@@H]42)[C@@H]13. The van der Waals surface area contributed by atoms with Crippen LogP contribution in [-0.2, 0) is 4.74 Å². The van der Waals surface area contributed by atoms with Gasteiger partial charge in [-0.05, 0) is 0 Å². The summed E-state index contributed by atoms with van der Waals surface area (Å²) in [5, 5.41) is 6.97. The summed E-state index contributed by atoms with van der Waals surface area (Å²) in [5.74, 6) is 0. The van der Waals surface area contributed by atoms with Gasteiger partial charge in [-0.2, -0.15) is 0 Å². The van der Waals surface area contributed by atoms with Crippen LogP contribution in [0.4, 0.5) is 0 Å². The number of fused-ring (bicyclic) bond motifs is 2. The minimum Gasteiger partial charge on any atom is -0.368 e. The molecular formula is C6H8N2O. The maximum atomic E-state index is 5.67. The number of piperidine rings is 2. The molecule has 4 aliphatic rings. The highest BCUT2D eigenvalue weighted by Crippen LogP contribution is 2.48. The highest BCUT2D eigenvalue weighted by molar-refractivity contribution is 5.32. The van der Waals surface area contributed by atoms with E-state index < -0.39 is 0 Å². The first-order valence-electron chi connectivity index (χ1n) is 3.63. The number of piperazine rings is 1. The Morgan fingerprint density at radius 2 is 1.22 bits per heavy atom. The molecule has 4 heterocycles. The Morgan fingerprint density at radius 1 is 0.778 bits per heavy atom. The molecule has 2 N–H and O–H groups in total. The quantitative estimate of drug-likeness (QED) is 0.410. The van der Waals surface area contributed by atoms with Crippen molar-refractivity contribution in [2.75, 3.05) is 0 Å². The van der Waals surface area contributed by atoms with Crippen molar-refractivity contribution in [2.45, 2.75) is 36.4 Å². The zero-order valence-electron chi connectivity index (χ0n) is 4.87. The lowest BCUT2D eigenvalue weighted by Crippen LogP contribution is -2.88. The molecule has 0 aromatic carbocycles. The van der Waals surface area contributed by atoms with E-state index in [4.69, 9.17) is 4.74 Å². The Kier molecular flexibility index (Phi) is 0.371. The minimum absolute atomic E-state index is 0.589. The molecule has 0 aliphatic carbocycles. The topological polar surface area (TPSA) is 33.3 Å². The summed E-state index contributed by atoms with van der Waals surface area (Å²) in [5.41, 5.74) is 0. The molecule has 2 bridgehead atoms. The van der Waals surface area contributed by atoms with Crippen LogP contribution in [0.1, 0.15) is 0 Å². The van der Waals surface area contributed by atoms with E-state index in [0.717, 1.165) is 0 Å². The number of rotatable bonds is 0. The molecule has 0 amide bonds. The van der Waals surface area contributed by atoms with E-state index in [1.165, 1.54) is 0 Å². The van der Waals surface area contributed by atoms with E-state index in [1.54, 1.807) is 0 Å². The maximum Gasteiger partial charge on any atom is 0.0918 e. The lowest BCUT2D eigenvalue weighted by atomic mass is 9.69. The van der Waals surface area contributed by atoms with Crippen molar-refractivity contribution < 1.29 is 4.74 Å². The Hall–Kier alpha value is -0.120. The summed E-state index contributed by atoms with van der Waals surface area (Å²) in [7, 11) is 0. The molecule has 0 spiro atoms. The van der Waals surface area contributed by atoms with E-state index in [1.807, 2.05) is 0 Å². The Labute approximate surface area is 52.8 Å². The van der Waals surface area contributed by atoms with Gasteiger partial charge < -0.3 is 15.4 Å². The first-order valence-corrected chi connectivity index (χ1v) is 3.63. The van der Waals surface area contributed by atoms with Gasteiger partial charge >= 0.3 is 0 Å². The van der Waals surface area contributed by atoms with E-state index in [2.05, 4.69) is 10.6 Å². The third kappa shape index (κ3) is 0.212. The lowest BCUT2D eigenvalue weighted by molar-refractivity contribution is 0.0474. The zero-order chi connectivity index (χ0) is 5.59. The second-order valence-corrected chi connectivity index (χ2v) is 3.50. The number of hydrogen-bond acceptors (Lipinski definition) is 3. The Morgan fingerprint density at radius 3 is 1.44 bits per heavy atom. The molecule has 9 heavy (non-hydrogen) atoms. The first kappa shape index (κ1) is 3.91. The van der Waals surface area contributed by atoms with Crippen LogP contribution in [0.3, 0.4) is 0 Å². The molecule has 4 rings (SSSR count). The molecule has 4 saturated heterocycles. The number of nitrogens with one attached hydrogen (secondary N) is 2. The molecule has 3 heteroatoms. The number of ether oxygens (including phenoxy) is 1. The van der Waals surface area contributed by atoms with E-state index in [-0.39, 0.29) is 0 Å². The highest BCUT2D eigenvalue weighted by Gasteiger charge is 2.73. The molecule has 0 aromatic rings. The molecule has 3 nitrogen and oxygen atoms in total. The van der Waals surface area contributed by atoms with Gasteiger partial charge in [-0.15, -0.1) is 0 Å². The lowest BCUT2D eigenvalue weighted by Gasteiger charge is -2.57. The summed E-state index contributed by atoms with van der Waals surface area (Å²) in [4.78, 5) is 0. The molecule has 0 radical (unpaired) electrons. The highest BCUT2D eigenvalue weighted by atomic mass is 16.5. The predicted molar refractivity (Wildman–Crippen MR) is 30.1 cm³/mol. The van der Waals surface area contributed by atoms with Gasteiger partial charge in [0.1, 0.15) is 0 Å². The summed E-state index contributed by atoms with van der Waals surface area (Å²) >= 11 is 0. The fourth-order valence-corrected chi connectivity index (χ4v) is 2.79. The van der Waals surface area contributed by atoms with E-state index in [9.17, 15) is 0 Å². The van der Waals surface area contributed by atoms with Crippen LogP contribution in [0.5, 0.6) is 0 Å². The number of hydrogen-bond donors (Lipinski definition) is 2. The van der Waals surface area contributed by atoms with Crippen LogP contribution in [0.25, 0.3) is 0 Å². The van der Waals surface area contributed by atoms with Gasteiger partial charge in [0.05, 0.1) is 36.4 Å². The standard InChI is InChI=1S/C6H8N2O/c7-1-2-6-4(8-2)3(7)5(1)9-6/h1-8H/t1-,2+,3+,4-,5?,6?. The smallest absolute Gasteiger partial charge is 0.0918 e. The molecule has 2 unspecified atom stereocenters. The molecule has 6 atom stereocenters. The van der Waals surface area contributed by atoms with Gasteiger partial charge in [0.25, 0.3) is 0 Å². The first-order chi connectivity index (χ1) is 4.45. The van der Waals surface area contributed by atoms with Crippen molar-refractivity contribution in [2.24, 2.45) is 0 Å². The monoisotopic (exact) mass is 124 g/mol. The second-order valence-electron chi connectivity index (χ2n) is 3.50. The Balaban J connectivity index is 1.97. The van der Waals surface area contributed by atoms with Crippen LogP contribution in [0.15, 0.2) is 0 Å². The molecule has 4 fully saturated rings. The van der Waals surface area contributed by atoms with E-state index in [0.29, 0.717) is 36.4 Å². The van der Waals surface area contributed by atoms with Crippen molar-refractivity contribution in [3.63, 3.8) is 0 Å². The molecule has 4 aliphatic heterocycles. The van der Waals surface area contributed by atoms with Crippen LogP contribution in [0, 0.1) is 0 Å². The van der Waals surface area contributed by atoms with Crippen molar-refractivity contribution in [3.8, 4) is 0 Å². The average molecular weight is 124 g/mol. The summed E-state index contributed by atoms with van der Waals surface area (Å²) in [6, 6.07) is 2.69. The van der Waals surface area contributed by atoms with Crippen LogP contribution in [-0.4, -0.2) is 36.4 Å². The summed E-state index contributed by atoms with van der Waals surface area (Å²) in [6.07, 6.45) is 1.18. The minimum atomic E-state index is 0.589. The third-order valence-corrected chi connectivity index (χ3v) is 3.27. The molecule has 48 valence electrons. The van der Waals surface area contributed by atoms with Crippen LogP contribution >= 0.6 is 0 Å². The maximum absolute atomic E-state index is 5.67. The third-order valence-electron chi connectivity index (χ3n) is 3.27. The normalized spacial score (nSPS) is 80.0. The van der Waals surface area contributed by atoms with Crippen molar-refractivity contribution in [3.05, 3.63) is 0 Å². The molecule has 0 saturated carbocycles. The average Bonchev–Trinajstić information content (AvgIpc) is 2.14. The fourth-order valence-electron chi connectivity index (χ4n) is 2.79. The fraction of sp³-hybridized carbons (Fsp3) is 1.00. The largest absolute Gasteiger partial charge is 0.368 e. The second kappa shape index (κ2) is 0.856. The molecule has 0 aromatic heterocycles. The van der Waals surface area contributed by atoms with Gasteiger partial charge in [-0.25, -0.2) is 0 Å². The van der Waals surface area contributed by atoms with Gasteiger partial charge in [0.15, 0.2) is 0 Å².